The van der Waals surface area contributed by atoms with Crippen LogP contribution >= 0.6 is 0 Å². The van der Waals surface area contributed by atoms with Crippen molar-refractivity contribution >= 4 is 11.6 Å². The van der Waals surface area contributed by atoms with Crippen molar-refractivity contribution < 1.29 is 9.53 Å². The molecule has 0 heterocycles. The van der Waals surface area contributed by atoms with Crippen molar-refractivity contribution in [2.75, 3.05) is 5.32 Å². The Morgan fingerprint density at radius 1 is 1.04 bits per heavy atom. The zero-order valence-electron chi connectivity index (χ0n) is 14.6. The maximum Gasteiger partial charge on any atom is 0.265 e. The number of carbonyl (C=O) groups excluding carboxylic acids is 1. The van der Waals surface area contributed by atoms with Gasteiger partial charge in [0.2, 0.25) is 0 Å². The van der Waals surface area contributed by atoms with Gasteiger partial charge < -0.3 is 10.1 Å². The smallest absolute Gasteiger partial charge is 0.265 e. The zero-order chi connectivity index (χ0) is 17.0. The van der Waals surface area contributed by atoms with Gasteiger partial charge in [0.25, 0.3) is 5.91 Å². The fraction of sp³-hybridized carbons (Fsp3) is 0.350. The highest BCUT2D eigenvalue weighted by atomic mass is 16.5. The van der Waals surface area contributed by atoms with Gasteiger partial charge in [-0.15, -0.1) is 0 Å². The monoisotopic (exact) mass is 311 g/mol. The molecule has 0 radical (unpaired) electrons. The molecule has 1 N–H and O–H groups in total. The lowest BCUT2D eigenvalue weighted by molar-refractivity contribution is -0.122. The van der Waals surface area contributed by atoms with Gasteiger partial charge in [-0.05, 0) is 56.9 Å². The first kappa shape index (κ1) is 17.1. The number of aryl methyl sites for hydroxylation is 4. The van der Waals surface area contributed by atoms with Gasteiger partial charge in [0.05, 0.1) is 0 Å². The van der Waals surface area contributed by atoms with E-state index in [1.54, 1.807) is 0 Å². The molecule has 2 rings (SSSR count). The largest absolute Gasteiger partial charge is 0.480 e. The lowest BCUT2D eigenvalue weighted by Crippen LogP contribution is -2.33. The van der Waals surface area contributed by atoms with Crippen LogP contribution in [0.4, 0.5) is 5.69 Å². The first-order valence-corrected chi connectivity index (χ1v) is 8.03. The molecule has 0 saturated heterocycles. The van der Waals surface area contributed by atoms with Crippen molar-refractivity contribution in [3.05, 3.63) is 58.7 Å². The summed E-state index contributed by atoms with van der Waals surface area (Å²) in [5, 5.41) is 3.03. The van der Waals surface area contributed by atoms with E-state index in [0.717, 1.165) is 28.1 Å². The summed E-state index contributed by atoms with van der Waals surface area (Å²) in [6, 6.07) is 11.9. The molecule has 0 bridgehead atoms. The normalized spacial score (nSPS) is 11.9. The topological polar surface area (TPSA) is 38.3 Å². The van der Waals surface area contributed by atoms with Gasteiger partial charge in [-0.25, -0.2) is 0 Å². The van der Waals surface area contributed by atoms with E-state index in [1.165, 1.54) is 5.56 Å². The average Bonchev–Trinajstić information content (AvgIpc) is 2.49. The van der Waals surface area contributed by atoms with Gasteiger partial charge >= 0.3 is 0 Å². The van der Waals surface area contributed by atoms with E-state index in [9.17, 15) is 4.79 Å². The fourth-order valence-electron chi connectivity index (χ4n) is 2.75. The van der Waals surface area contributed by atoms with Crippen LogP contribution in [0.3, 0.4) is 0 Å². The SMILES string of the molecule is CC[C@H](Oc1ccccc1C)C(=O)Nc1c(C)cc(C)cc1C. The molecule has 0 unspecified atom stereocenters. The number of anilines is 1. The summed E-state index contributed by atoms with van der Waals surface area (Å²) < 4.78 is 5.92. The van der Waals surface area contributed by atoms with Gasteiger partial charge in [0, 0.05) is 5.69 Å². The quantitative estimate of drug-likeness (QED) is 0.868. The Morgan fingerprint density at radius 3 is 2.22 bits per heavy atom. The molecule has 1 amide bonds. The molecule has 3 heteroatoms. The summed E-state index contributed by atoms with van der Waals surface area (Å²) in [6.45, 7) is 10.0. The number of amides is 1. The first-order valence-electron chi connectivity index (χ1n) is 8.03. The minimum atomic E-state index is -0.504. The van der Waals surface area contributed by atoms with Crippen LogP contribution in [-0.4, -0.2) is 12.0 Å². The summed E-state index contributed by atoms with van der Waals surface area (Å²) in [6.07, 6.45) is 0.112. The summed E-state index contributed by atoms with van der Waals surface area (Å²) in [4.78, 5) is 12.6. The average molecular weight is 311 g/mol. The number of ether oxygens (including phenoxy) is 1. The van der Waals surface area contributed by atoms with Gasteiger partial charge in [-0.2, -0.15) is 0 Å². The van der Waals surface area contributed by atoms with E-state index in [2.05, 4.69) is 24.4 Å². The molecular formula is C20H25NO2. The van der Waals surface area contributed by atoms with Crippen molar-refractivity contribution in [3.63, 3.8) is 0 Å². The lowest BCUT2D eigenvalue weighted by Gasteiger charge is -2.20. The Kier molecular flexibility index (Phi) is 5.43. The third-order valence-corrected chi connectivity index (χ3v) is 3.95. The van der Waals surface area contributed by atoms with Crippen LogP contribution in [0, 0.1) is 27.7 Å². The predicted octanol–water partition coefficient (Wildman–Crippen LogP) is 4.72. The third-order valence-electron chi connectivity index (χ3n) is 3.95. The highest BCUT2D eigenvalue weighted by Crippen LogP contribution is 2.24. The first-order chi connectivity index (χ1) is 10.9. The van der Waals surface area contributed by atoms with E-state index < -0.39 is 6.10 Å². The van der Waals surface area contributed by atoms with Crippen LogP contribution < -0.4 is 10.1 Å². The van der Waals surface area contributed by atoms with Crippen molar-refractivity contribution in [1.29, 1.82) is 0 Å². The van der Waals surface area contributed by atoms with Crippen LogP contribution in [0.15, 0.2) is 36.4 Å². The van der Waals surface area contributed by atoms with Gasteiger partial charge in [0.1, 0.15) is 5.75 Å². The molecule has 0 aliphatic heterocycles. The second-order valence-corrected chi connectivity index (χ2v) is 6.04. The Morgan fingerprint density at radius 2 is 1.65 bits per heavy atom. The Hall–Kier alpha value is -2.29. The number of para-hydroxylation sites is 1. The Bertz CT molecular complexity index is 684. The highest BCUT2D eigenvalue weighted by Gasteiger charge is 2.20. The van der Waals surface area contributed by atoms with Crippen molar-refractivity contribution in [2.24, 2.45) is 0 Å². The Labute approximate surface area is 138 Å². The number of rotatable bonds is 5. The molecule has 0 spiro atoms. The van der Waals surface area contributed by atoms with Crippen LogP contribution in [0.2, 0.25) is 0 Å². The zero-order valence-corrected chi connectivity index (χ0v) is 14.6. The van der Waals surface area contributed by atoms with Gasteiger partial charge in [-0.1, -0.05) is 42.8 Å². The van der Waals surface area contributed by atoms with Gasteiger partial charge in [0.15, 0.2) is 6.10 Å². The Balaban J connectivity index is 2.17. The molecule has 122 valence electrons. The van der Waals surface area contributed by atoms with E-state index in [1.807, 2.05) is 52.0 Å². The van der Waals surface area contributed by atoms with E-state index in [-0.39, 0.29) is 5.91 Å². The van der Waals surface area contributed by atoms with Crippen LogP contribution in [-0.2, 0) is 4.79 Å². The summed E-state index contributed by atoms with van der Waals surface area (Å²) in [5.74, 6) is 0.651. The summed E-state index contributed by atoms with van der Waals surface area (Å²) in [7, 11) is 0. The minimum absolute atomic E-state index is 0.106. The number of benzene rings is 2. The maximum atomic E-state index is 12.6. The number of hydrogen-bond donors (Lipinski definition) is 1. The molecule has 0 saturated carbocycles. The molecule has 2 aromatic carbocycles. The summed E-state index contributed by atoms with van der Waals surface area (Å²) in [5.41, 5.74) is 5.25. The molecule has 1 atom stereocenters. The summed E-state index contributed by atoms with van der Waals surface area (Å²) >= 11 is 0. The van der Waals surface area contributed by atoms with Crippen molar-refractivity contribution in [2.45, 2.75) is 47.1 Å². The molecule has 23 heavy (non-hydrogen) atoms. The number of carbonyl (C=O) groups is 1. The number of nitrogens with one attached hydrogen (secondary N) is 1. The predicted molar refractivity (Wildman–Crippen MR) is 95.2 cm³/mol. The molecule has 0 aliphatic rings. The van der Waals surface area contributed by atoms with E-state index >= 15 is 0 Å². The number of hydrogen-bond acceptors (Lipinski definition) is 2. The van der Waals surface area contributed by atoms with Crippen molar-refractivity contribution in [3.8, 4) is 5.75 Å². The fourth-order valence-corrected chi connectivity index (χ4v) is 2.75. The van der Waals surface area contributed by atoms with Crippen LogP contribution in [0.5, 0.6) is 5.75 Å². The maximum absolute atomic E-state index is 12.6. The molecular weight excluding hydrogens is 286 g/mol. The van der Waals surface area contributed by atoms with E-state index in [4.69, 9.17) is 4.74 Å². The van der Waals surface area contributed by atoms with E-state index in [0.29, 0.717) is 6.42 Å². The molecule has 3 nitrogen and oxygen atoms in total. The standard InChI is InChI=1S/C20H25NO2/c1-6-17(23-18-10-8-7-9-14(18)3)20(22)21-19-15(4)11-13(2)12-16(19)5/h7-12,17H,6H2,1-5H3,(H,21,22)/t17-/m0/s1. The van der Waals surface area contributed by atoms with Crippen molar-refractivity contribution in [1.82, 2.24) is 0 Å². The lowest BCUT2D eigenvalue weighted by atomic mass is 10.0. The minimum Gasteiger partial charge on any atom is -0.480 e. The molecule has 0 aromatic heterocycles. The van der Waals surface area contributed by atoms with Crippen LogP contribution in [0.25, 0.3) is 0 Å². The molecule has 2 aromatic rings. The second kappa shape index (κ2) is 7.32. The molecule has 0 fully saturated rings. The van der Waals surface area contributed by atoms with Gasteiger partial charge in [-0.3, -0.25) is 4.79 Å². The highest BCUT2D eigenvalue weighted by molar-refractivity contribution is 5.95. The molecule has 0 aliphatic carbocycles. The van der Waals surface area contributed by atoms with Crippen LogP contribution in [0.1, 0.15) is 35.6 Å². The third kappa shape index (κ3) is 4.13. The second-order valence-electron chi connectivity index (χ2n) is 6.04.